The van der Waals surface area contributed by atoms with Crippen molar-refractivity contribution < 1.29 is 40.9 Å². The van der Waals surface area contributed by atoms with Gasteiger partial charge in [-0.2, -0.15) is 0 Å². The van der Waals surface area contributed by atoms with Crippen molar-refractivity contribution in [3.05, 3.63) is 36.5 Å². The first-order valence-corrected chi connectivity index (χ1v) is 24.2. The number of esters is 3. The monoisotopic (exact) mass is 590 g/mol. The van der Waals surface area contributed by atoms with Crippen LogP contribution in [-0.2, 0) is 40.9 Å². The van der Waals surface area contributed by atoms with Crippen LogP contribution in [-0.4, -0.2) is 57.6 Å². The summed E-state index contributed by atoms with van der Waals surface area (Å²) in [6.07, 6.45) is -0.296. The molecular weight excluding hydrogens is 545 g/mol. The Balaban J connectivity index is 6.93. The second-order valence-corrected chi connectivity index (χ2v) is 29.0. The van der Waals surface area contributed by atoms with Gasteiger partial charge in [0.15, 0.2) is 25.0 Å². The van der Waals surface area contributed by atoms with E-state index in [4.69, 9.17) is 26.6 Å². The Morgan fingerprint density at radius 1 is 0.568 bits per heavy atom. The maximum Gasteiger partial charge on any atom is 0.470 e. The molecule has 0 aromatic heterocycles. The molecule has 0 aliphatic carbocycles. The molecule has 0 radical (unpaired) electrons. The summed E-state index contributed by atoms with van der Waals surface area (Å²) in [6, 6.07) is 0.0439. The molecule has 0 aliphatic rings. The van der Waals surface area contributed by atoms with Crippen molar-refractivity contribution in [2.45, 2.75) is 98.1 Å². The first kappa shape index (κ1) is 35.4. The molecule has 37 heavy (non-hydrogen) atoms. The quantitative estimate of drug-likeness (QED) is 0.1000. The van der Waals surface area contributed by atoms with E-state index in [2.05, 4.69) is 19.7 Å². The zero-order valence-corrected chi connectivity index (χ0v) is 28.7. The Hall–Kier alpha value is -1.62. The fraction of sp³-hybridized carbons (Fsp3) is 0.625. The summed E-state index contributed by atoms with van der Waals surface area (Å²) in [7, 11) is -10.2. The molecule has 212 valence electrons. The third-order valence-corrected chi connectivity index (χ3v) is 15.9. The Kier molecular flexibility index (Phi) is 12.4. The normalized spacial score (nSPS) is 13.0. The molecule has 0 saturated carbocycles. The van der Waals surface area contributed by atoms with Crippen LogP contribution in [0.3, 0.4) is 0 Å². The van der Waals surface area contributed by atoms with Crippen molar-refractivity contribution >= 4 is 51.7 Å². The molecule has 0 bridgehead atoms. The molecule has 0 rings (SSSR count). The van der Waals surface area contributed by atoms with Crippen LogP contribution in [0.25, 0.3) is 0 Å². The molecule has 9 nitrogen and oxygen atoms in total. The molecule has 0 amide bonds. The van der Waals surface area contributed by atoms with Crippen LogP contribution >= 0.6 is 0 Å². The van der Waals surface area contributed by atoms with Gasteiger partial charge in [-0.15, -0.1) is 0 Å². The molecule has 0 N–H and O–H groups in total. The molecule has 0 spiro atoms. The second kappa shape index (κ2) is 13.0. The van der Waals surface area contributed by atoms with E-state index in [0.29, 0.717) is 0 Å². The number of hydrogen-bond acceptors (Lipinski definition) is 9. The number of carbonyl (C=O) groups is 3. The van der Waals surface area contributed by atoms with E-state index in [1.807, 2.05) is 58.9 Å². The van der Waals surface area contributed by atoms with Gasteiger partial charge in [-0.25, -0.2) is 14.4 Å². The lowest BCUT2D eigenvalue weighted by Crippen LogP contribution is -2.61. The summed E-state index contributed by atoms with van der Waals surface area (Å²) in [5.41, 5.74) is 0.0435. The number of hydrogen-bond donors (Lipinski definition) is 0. The number of rotatable bonds is 15. The smallest absolute Gasteiger partial charge is 0.417 e. The maximum atomic E-state index is 12.7. The van der Waals surface area contributed by atoms with Crippen LogP contribution in [0.4, 0.5) is 0 Å². The first-order chi connectivity index (χ1) is 16.3. The topological polar surface area (TPSA) is 107 Å². The van der Waals surface area contributed by atoms with Crippen LogP contribution in [0.2, 0.25) is 65.0 Å². The first-order valence-electron chi connectivity index (χ1n) is 12.1. The van der Waals surface area contributed by atoms with Crippen LogP contribution in [0.1, 0.15) is 27.2 Å². The minimum Gasteiger partial charge on any atom is -0.417 e. The van der Waals surface area contributed by atoms with Crippen LogP contribution < -0.4 is 0 Å². The highest BCUT2D eigenvalue weighted by atomic mass is 28.5. The Labute approximate surface area is 226 Å². The van der Waals surface area contributed by atoms with Crippen LogP contribution in [0, 0.1) is 0 Å². The lowest BCUT2D eigenvalue weighted by Gasteiger charge is -2.43. The minimum absolute atomic E-state index is 0.0145. The highest BCUT2D eigenvalue weighted by Gasteiger charge is 2.54. The summed E-state index contributed by atoms with van der Waals surface area (Å²) in [4.78, 5) is 38.0. The molecule has 0 unspecified atom stereocenters. The summed E-state index contributed by atoms with van der Waals surface area (Å²) in [6.45, 7) is 33.2. The number of carbonyl (C=O) groups excluding carboxylic acids is 3. The maximum absolute atomic E-state index is 12.7. The van der Waals surface area contributed by atoms with Crippen molar-refractivity contribution in [1.29, 1.82) is 0 Å². The summed E-state index contributed by atoms with van der Waals surface area (Å²) >= 11 is 0. The molecular formula is C24H46O9Si4. The van der Waals surface area contributed by atoms with Gasteiger partial charge in [0, 0.05) is 22.8 Å². The van der Waals surface area contributed by atoms with Gasteiger partial charge in [0.25, 0.3) is 0 Å². The largest absolute Gasteiger partial charge is 0.470 e. The van der Waals surface area contributed by atoms with E-state index >= 15 is 0 Å². The Morgan fingerprint density at radius 2 is 0.811 bits per heavy atom. The average Bonchev–Trinajstić information content (AvgIpc) is 2.61. The minimum atomic E-state index is -3.50. The molecule has 0 aliphatic heterocycles. The fourth-order valence-electron chi connectivity index (χ4n) is 2.82. The van der Waals surface area contributed by atoms with Gasteiger partial charge in [-0.05, 0) is 79.7 Å². The molecule has 0 fully saturated rings. The molecule has 0 atom stereocenters. The van der Waals surface area contributed by atoms with E-state index in [1.165, 1.54) is 20.8 Å². The zero-order valence-electron chi connectivity index (χ0n) is 24.7. The van der Waals surface area contributed by atoms with Crippen LogP contribution in [0.15, 0.2) is 36.5 Å². The highest BCUT2D eigenvalue weighted by Crippen LogP contribution is 2.35. The van der Waals surface area contributed by atoms with E-state index in [1.54, 1.807) is 0 Å². The predicted molar refractivity (Wildman–Crippen MR) is 154 cm³/mol. The zero-order chi connectivity index (χ0) is 29.6. The van der Waals surface area contributed by atoms with Gasteiger partial charge in [0.1, 0.15) is 0 Å². The summed E-state index contributed by atoms with van der Waals surface area (Å²) in [5.74, 6) is -5.20. The predicted octanol–water partition coefficient (Wildman–Crippen LogP) is 5.88. The summed E-state index contributed by atoms with van der Waals surface area (Å²) in [5, 5.41) is 0. The Bertz CT molecular complexity index is 799. The van der Waals surface area contributed by atoms with E-state index in [9.17, 15) is 14.4 Å². The highest BCUT2D eigenvalue weighted by molar-refractivity contribution is 6.90. The van der Waals surface area contributed by atoms with Gasteiger partial charge in [0.05, 0.1) is 6.42 Å². The van der Waals surface area contributed by atoms with Gasteiger partial charge < -0.3 is 26.6 Å². The molecule has 0 heterocycles. The third-order valence-electron chi connectivity index (χ3n) is 3.91. The summed E-state index contributed by atoms with van der Waals surface area (Å²) < 4.78 is 36.5. The van der Waals surface area contributed by atoms with Crippen molar-refractivity contribution in [2.24, 2.45) is 0 Å². The van der Waals surface area contributed by atoms with Gasteiger partial charge in [-0.1, -0.05) is 19.7 Å². The van der Waals surface area contributed by atoms with E-state index in [-0.39, 0.29) is 29.2 Å². The standard InChI is InChI=1S/C24H46O9Si4/c1-18(2)21(25)28-24(29-22(26)19(3)4,30-23(27)20(5)6)16-17-37(31-34(7,8)9,32-35(10,11)12)33-36(13,14)15/h1,3,5,16-17H2,2,4,6-15H3. The van der Waals surface area contributed by atoms with Gasteiger partial charge in [-0.3, -0.25) is 0 Å². The Morgan fingerprint density at radius 3 is 1.00 bits per heavy atom. The van der Waals surface area contributed by atoms with E-state index in [0.717, 1.165) is 0 Å². The van der Waals surface area contributed by atoms with Crippen molar-refractivity contribution in [2.75, 3.05) is 0 Å². The lowest BCUT2D eigenvalue weighted by atomic mass is 10.3. The van der Waals surface area contributed by atoms with Crippen LogP contribution in [0.5, 0.6) is 0 Å². The molecule has 0 saturated heterocycles. The SMILES string of the molecule is C=C(C)C(=O)OC(CC[Si](O[Si](C)(C)C)(O[Si](C)(C)C)O[Si](C)(C)C)(OC(=O)C(=C)C)OC(=O)C(=C)C. The molecule has 0 aromatic carbocycles. The average molecular weight is 591 g/mol. The van der Waals surface area contributed by atoms with Gasteiger partial charge in [0.2, 0.25) is 0 Å². The van der Waals surface area contributed by atoms with E-state index < -0.39 is 57.6 Å². The molecule has 0 aromatic rings. The fourth-order valence-corrected chi connectivity index (χ4v) is 17.5. The third kappa shape index (κ3) is 14.2. The number of ether oxygens (including phenoxy) is 3. The molecule has 13 heteroatoms. The van der Waals surface area contributed by atoms with Gasteiger partial charge >= 0.3 is 32.7 Å². The second-order valence-electron chi connectivity index (χ2n) is 12.0. The lowest BCUT2D eigenvalue weighted by molar-refractivity contribution is -0.327. The van der Waals surface area contributed by atoms with Crippen molar-refractivity contribution in [1.82, 2.24) is 0 Å². The van der Waals surface area contributed by atoms with Crippen molar-refractivity contribution in [3.8, 4) is 0 Å². The van der Waals surface area contributed by atoms with Crippen molar-refractivity contribution in [3.63, 3.8) is 0 Å².